The maximum atomic E-state index is 13.9. The van der Waals surface area contributed by atoms with Gasteiger partial charge in [0.1, 0.15) is 17.8 Å². The molecule has 0 radical (unpaired) electrons. The summed E-state index contributed by atoms with van der Waals surface area (Å²) in [7, 11) is 0. The monoisotopic (exact) mass is 477 g/mol. The number of esters is 1. The molecule has 2 aromatic rings. The van der Waals surface area contributed by atoms with Gasteiger partial charge in [-0.25, -0.2) is 4.79 Å². The third-order valence-electron chi connectivity index (χ3n) is 8.81. The second kappa shape index (κ2) is 10.7. The number of ether oxygens (including phenoxy) is 2. The van der Waals surface area contributed by atoms with Crippen molar-refractivity contribution in [2.45, 2.75) is 57.1 Å². The molecule has 4 heterocycles. The fourth-order valence-electron chi connectivity index (χ4n) is 6.56. The van der Waals surface area contributed by atoms with Gasteiger partial charge < -0.3 is 14.0 Å². The van der Waals surface area contributed by atoms with E-state index in [9.17, 15) is 4.79 Å². The van der Waals surface area contributed by atoms with Gasteiger partial charge >= 0.3 is 5.97 Å². The van der Waals surface area contributed by atoms with Gasteiger partial charge in [-0.05, 0) is 50.6 Å². The van der Waals surface area contributed by atoms with Gasteiger partial charge in [-0.3, -0.25) is 4.90 Å². The molecule has 4 aliphatic heterocycles. The molecule has 2 bridgehead atoms. The van der Waals surface area contributed by atoms with Crippen LogP contribution in [0.3, 0.4) is 0 Å². The Morgan fingerprint density at radius 3 is 2.31 bits per heavy atom. The standard InChI is InChI=1S/C30H41N2O3/c1-30(26-12-5-2-6-13-26,31-18-9-4-10-19-31)29(33)35-28-24-32(21-16-25(28)17-22-32)20-11-23-34-27-14-7-3-8-15-27/h2-3,5-8,12-15,25,28H,4,9-11,16-24H2,1H3/q+1/t25?,28-,30?,32?/m0/s1. The quantitative estimate of drug-likeness (QED) is 0.289. The number of carbonyl (C=O) groups excluding carboxylic acids is 1. The molecule has 4 fully saturated rings. The number of likely N-dealkylation sites (tertiary alicyclic amines) is 1. The van der Waals surface area contributed by atoms with Crippen LogP contribution in [-0.2, 0) is 15.1 Å². The number of para-hydroxylation sites is 1. The van der Waals surface area contributed by atoms with Crippen LogP contribution in [0.5, 0.6) is 5.75 Å². The van der Waals surface area contributed by atoms with Crippen LogP contribution in [0.15, 0.2) is 60.7 Å². The van der Waals surface area contributed by atoms with E-state index in [1.54, 1.807) is 0 Å². The maximum Gasteiger partial charge on any atom is 0.331 e. The molecule has 2 aromatic carbocycles. The minimum Gasteiger partial charge on any atom is -0.493 e. The first-order valence-electron chi connectivity index (χ1n) is 13.6. The number of piperidine rings is 4. The fraction of sp³-hybridized carbons (Fsp3) is 0.567. The van der Waals surface area contributed by atoms with Gasteiger partial charge in [0.2, 0.25) is 0 Å². The summed E-state index contributed by atoms with van der Waals surface area (Å²) < 4.78 is 13.5. The van der Waals surface area contributed by atoms with Crippen molar-refractivity contribution in [3.8, 4) is 5.75 Å². The minimum atomic E-state index is -0.720. The summed E-state index contributed by atoms with van der Waals surface area (Å²) in [5.41, 5.74) is 0.331. The summed E-state index contributed by atoms with van der Waals surface area (Å²) in [5.74, 6) is 1.38. The summed E-state index contributed by atoms with van der Waals surface area (Å²) in [4.78, 5) is 16.3. The van der Waals surface area contributed by atoms with Crippen LogP contribution in [0.1, 0.15) is 51.0 Å². The SMILES string of the molecule is CC(C(=O)O[C@H]1C[N+]2(CCCOc3ccccc3)CCC1CC2)(c1ccccc1)N1CCCCC1. The molecule has 35 heavy (non-hydrogen) atoms. The lowest BCUT2D eigenvalue weighted by atomic mass is 9.82. The average molecular weight is 478 g/mol. The smallest absolute Gasteiger partial charge is 0.331 e. The van der Waals surface area contributed by atoms with Gasteiger partial charge in [-0.2, -0.15) is 0 Å². The summed E-state index contributed by atoms with van der Waals surface area (Å²) in [6, 6.07) is 20.3. The molecular weight excluding hydrogens is 436 g/mol. The molecule has 4 saturated heterocycles. The molecule has 0 spiro atoms. The van der Waals surface area contributed by atoms with Crippen LogP contribution in [0.25, 0.3) is 0 Å². The van der Waals surface area contributed by atoms with Crippen LogP contribution in [-0.4, -0.2) is 67.3 Å². The number of fused-ring (bicyclic) bond motifs is 3. The summed E-state index contributed by atoms with van der Waals surface area (Å²) in [5, 5.41) is 0. The molecular formula is C30H41N2O3+. The number of carbonyl (C=O) groups is 1. The first-order valence-corrected chi connectivity index (χ1v) is 13.6. The first kappa shape index (κ1) is 24.3. The Kier molecular flexibility index (Phi) is 7.45. The van der Waals surface area contributed by atoms with Crippen molar-refractivity contribution in [1.82, 2.24) is 4.90 Å². The molecule has 5 heteroatoms. The second-order valence-electron chi connectivity index (χ2n) is 11.0. The topological polar surface area (TPSA) is 38.8 Å². The van der Waals surface area contributed by atoms with E-state index in [1.165, 1.54) is 19.5 Å². The average Bonchev–Trinajstić information content (AvgIpc) is 2.93. The van der Waals surface area contributed by atoms with E-state index in [0.29, 0.717) is 5.92 Å². The normalized spacial score (nSPS) is 28.3. The Balaban J connectivity index is 1.24. The predicted molar refractivity (Wildman–Crippen MR) is 138 cm³/mol. The Morgan fingerprint density at radius 2 is 1.63 bits per heavy atom. The Bertz CT molecular complexity index is 952. The van der Waals surface area contributed by atoms with E-state index in [1.807, 2.05) is 48.5 Å². The fourth-order valence-corrected chi connectivity index (χ4v) is 6.56. The van der Waals surface area contributed by atoms with Crippen LogP contribution in [0.4, 0.5) is 0 Å². The second-order valence-corrected chi connectivity index (χ2v) is 11.0. The largest absolute Gasteiger partial charge is 0.493 e. The van der Waals surface area contributed by atoms with E-state index in [0.717, 1.165) is 80.7 Å². The molecule has 2 atom stereocenters. The highest BCUT2D eigenvalue weighted by molar-refractivity contribution is 5.82. The zero-order chi connectivity index (χ0) is 24.1. The predicted octanol–water partition coefficient (Wildman–Crippen LogP) is 5.01. The van der Waals surface area contributed by atoms with Gasteiger partial charge in [-0.15, -0.1) is 0 Å². The molecule has 0 saturated carbocycles. The Hall–Kier alpha value is -2.37. The van der Waals surface area contributed by atoms with Crippen molar-refractivity contribution in [1.29, 1.82) is 0 Å². The van der Waals surface area contributed by atoms with E-state index in [4.69, 9.17) is 9.47 Å². The number of quaternary nitrogens is 1. The molecule has 4 aliphatic rings. The zero-order valence-corrected chi connectivity index (χ0v) is 21.2. The van der Waals surface area contributed by atoms with Gasteiger partial charge in [0.15, 0.2) is 6.10 Å². The number of rotatable bonds is 9. The van der Waals surface area contributed by atoms with Crippen molar-refractivity contribution in [2.75, 3.05) is 45.9 Å². The van der Waals surface area contributed by atoms with Gasteiger partial charge in [-0.1, -0.05) is 55.0 Å². The number of hydrogen-bond acceptors (Lipinski definition) is 4. The highest BCUT2D eigenvalue weighted by Gasteiger charge is 2.50. The lowest BCUT2D eigenvalue weighted by molar-refractivity contribution is -0.946. The molecule has 0 amide bonds. The van der Waals surface area contributed by atoms with E-state index in [2.05, 4.69) is 24.0 Å². The van der Waals surface area contributed by atoms with Crippen LogP contribution in [0, 0.1) is 5.92 Å². The highest BCUT2D eigenvalue weighted by Crippen LogP contribution is 2.38. The van der Waals surface area contributed by atoms with Crippen molar-refractivity contribution in [3.63, 3.8) is 0 Å². The van der Waals surface area contributed by atoms with Gasteiger partial charge in [0.05, 0.1) is 26.2 Å². The van der Waals surface area contributed by atoms with Gasteiger partial charge in [0, 0.05) is 25.2 Å². The van der Waals surface area contributed by atoms with Crippen LogP contribution in [0.2, 0.25) is 0 Å². The molecule has 5 nitrogen and oxygen atoms in total. The molecule has 0 aromatic heterocycles. The lowest BCUT2D eigenvalue weighted by Crippen LogP contribution is -2.65. The molecule has 6 rings (SSSR count). The van der Waals surface area contributed by atoms with Crippen molar-refractivity contribution in [3.05, 3.63) is 66.2 Å². The molecule has 188 valence electrons. The van der Waals surface area contributed by atoms with Gasteiger partial charge in [0.25, 0.3) is 0 Å². The van der Waals surface area contributed by atoms with E-state index >= 15 is 0 Å². The molecule has 1 unspecified atom stereocenters. The lowest BCUT2D eigenvalue weighted by Gasteiger charge is -2.52. The molecule has 0 aliphatic carbocycles. The van der Waals surface area contributed by atoms with E-state index < -0.39 is 5.54 Å². The first-order chi connectivity index (χ1) is 17.1. The number of nitrogens with zero attached hydrogens (tertiary/aromatic N) is 2. The van der Waals surface area contributed by atoms with Crippen LogP contribution >= 0.6 is 0 Å². The Labute approximate surface area is 210 Å². The number of hydrogen-bond donors (Lipinski definition) is 0. The van der Waals surface area contributed by atoms with Crippen LogP contribution < -0.4 is 4.74 Å². The third kappa shape index (κ3) is 5.26. The Morgan fingerprint density at radius 1 is 0.971 bits per heavy atom. The molecule has 0 N–H and O–H groups in total. The summed E-state index contributed by atoms with van der Waals surface area (Å²) in [6.07, 6.45) is 6.89. The van der Waals surface area contributed by atoms with Crippen molar-refractivity contribution >= 4 is 5.97 Å². The number of benzene rings is 2. The zero-order valence-electron chi connectivity index (χ0n) is 21.2. The van der Waals surface area contributed by atoms with Crippen molar-refractivity contribution in [2.24, 2.45) is 5.92 Å². The minimum absolute atomic E-state index is 0.0212. The summed E-state index contributed by atoms with van der Waals surface area (Å²) >= 11 is 0. The highest BCUT2D eigenvalue weighted by atomic mass is 16.5. The maximum absolute atomic E-state index is 13.9. The third-order valence-corrected chi connectivity index (χ3v) is 8.81. The van der Waals surface area contributed by atoms with E-state index in [-0.39, 0.29) is 12.1 Å². The van der Waals surface area contributed by atoms with Crippen molar-refractivity contribution < 1.29 is 18.8 Å². The summed E-state index contributed by atoms with van der Waals surface area (Å²) in [6.45, 7) is 9.17.